The van der Waals surface area contributed by atoms with E-state index in [1.54, 1.807) is 35.0 Å². The van der Waals surface area contributed by atoms with Crippen LogP contribution in [0.2, 0.25) is 0 Å². The van der Waals surface area contributed by atoms with Gasteiger partial charge in [0, 0.05) is 35.1 Å². The van der Waals surface area contributed by atoms with Crippen LogP contribution in [0.4, 0.5) is 11.4 Å². The number of nitrogens with zero attached hydrogens (tertiary/aromatic N) is 5. The molecule has 0 aliphatic carbocycles. The van der Waals surface area contributed by atoms with E-state index < -0.39 is 10.8 Å². The van der Waals surface area contributed by atoms with Crippen molar-refractivity contribution in [3.05, 3.63) is 94.1 Å². The highest BCUT2D eigenvalue weighted by atomic mass is 16.6. The predicted molar refractivity (Wildman–Crippen MR) is 116 cm³/mol. The number of carbonyl (C=O) groups excluding carboxylic acids is 1. The molecule has 32 heavy (non-hydrogen) atoms. The number of benzene rings is 2. The molecule has 0 saturated heterocycles. The summed E-state index contributed by atoms with van der Waals surface area (Å²) < 4.78 is 7.50. The molecule has 0 aliphatic rings. The second-order valence-corrected chi connectivity index (χ2v) is 6.94. The van der Waals surface area contributed by atoms with Crippen LogP contribution in [0.5, 0.6) is 11.6 Å². The number of anilines is 1. The van der Waals surface area contributed by atoms with Crippen molar-refractivity contribution >= 4 is 17.3 Å². The second kappa shape index (κ2) is 8.64. The van der Waals surface area contributed by atoms with Crippen molar-refractivity contribution < 1.29 is 14.5 Å². The van der Waals surface area contributed by atoms with Gasteiger partial charge in [-0.2, -0.15) is 5.10 Å². The quantitative estimate of drug-likeness (QED) is 0.358. The summed E-state index contributed by atoms with van der Waals surface area (Å²) in [6.45, 7) is 3.84. The molecule has 4 aromatic rings. The van der Waals surface area contributed by atoms with Crippen LogP contribution in [-0.2, 0) is 0 Å². The van der Waals surface area contributed by atoms with Gasteiger partial charge in [0.1, 0.15) is 12.1 Å². The predicted octanol–water partition coefficient (Wildman–Crippen LogP) is 4.23. The summed E-state index contributed by atoms with van der Waals surface area (Å²) >= 11 is 0. The van der Waals surface area contributed by atoms with Crippen molar-refractivity contribution in [1.82, 2.24) is 19.7 Å². The van der Waals surface area contributed by atoms with Gasteiger partial charge < -0.3 is 10.1 Å². The normalized spacial score (nSPS) is 10.6. The molecule has 4 rings (SSSR count). The molecule has 1 N–H and O–H groups in total. The largest absolute Gasteiger partial charge is 0.439 e. The zero-order valence-corrected chi connectivity index (χ0v) is 17.2. The minimum absolute atomic E-state index is 0.147. The van der Waals surface area contributed by atoms with Gasteiger partial charge in [-0.25, -0.2) is 14.6 Å². The van der Waals surface area contributed by atoms with E-state index in [0.29, 0.717) is 23.1 Å². The number of aromatic nitrogens is 4. The average molecular weight is 430 g/mol. The molecule has 2 aromatic heterocycles. The number of hydrogen-bond acceptors (Lipinski definition) is 7. The van der Waals surface area contributed by atoms with Gasteiger partial charge in [0.2, 0.25) is 5.88 Å². The standard InChI is InChI=1S/C22H18N6O4/c1-14-10-15(2)27(26-14)20-12-21(24-13-23-20)32-19-8-6-17(7-9-19)25-22(29)16-4-3-5-18(11-16)28(30)31/h3-13H,1-2H3,(H,25,29). The van der Waals surface area contributed by atoms with E-state index in [2.05, 4.69) is 20.4 Å². The molecule has 0 radical (unpaired) electrons. The molecule has 0 aliphatic heterocycles. The van der Waals surface area contributed by atoms with Crippen LogP contribution in [0.1, 0.15) is 21.7 Å². The Morgan fingerprint density at radius 2 is 1.84 bits per heavy atom. The van der Waals surface area contributed by atoms with E-state index in [-0.39, 0.29) is 11.3 Å². The number of nitrogens with one attached hydrogen (secondary N) is 1. The van der Waals surface area contributed by atoms with Crippen LogP contribution < -0.4 is 10.1 Å². The fourth-order valence-corrected chi connectivity index (χ4v) is 3.05. The number of ether oxygens (including phenoxy) is 1. The molecule has 0 atom stereocenters. The zero-order valence-electron chi connectivity index (χ0n) is 17.2. The van der Waals surface area contributed by atoms with Gasteiger partial charge in [0.05, 0.1) is 10.6 Å². The smallest absolute Gasteiger partial charge is 0.270 e. The molecule has 10 heteroatoms. The fraction of sp³-hybridized carbons (Fsp3) is 0.0909. The minimum atomic E-state index is -0.545. The Hall–Kier alpha value is -4.60. The molecule has 10 nitrogen and oxygen atoms in total. The summed E-state index contributed by atoms with van der Waals surface area (Å²) in [5.41, 5.74) is 2.38. The molecule has 0 saturated carbocycles. The average Bonchev–Trinajstić information content (AvgIpc) is 3.13. The third kappa shape index (κ3) is 4.59. The summed E-state index contributed by atoms with van der Waals surface area (Å²) in [5, 5.41) is 18.0. The molecule has 1 amide bonds. The maximum Gasteiger partial charge on any atom is 0.270 e. The number of non-ortho nitro benzene ring substituents is 1. The fourth-order valence-electron chi connectivity index (χ4n) is 3.05. The lowest BCUT2D eigenvalue weighted by atomic mass is 10.2. The maximum absolute atomic E-state index is 12.4. The van der Waals surface area contributed by atoms with Gasteiger partial charge in [-0.1, -0.05) is 6.07 Å². The Kier molecular flexibility index (Phi) is 5.58. The highest BCUT2D eigenvalue weighted by Gasteiger charge is 2.12. The van der Waals surface area contributed by atoms with Crippen LogP contribution in [0.3, 0.4) is 0 Å². The molecule has 2 aromatic carbocycles. The molecule has 0 unspecified atom stereocenters. The van der Waals surface area contributed by atoms with Crippen LogP contribution in [-0.4, -0.2) is 30.6 Å². The summed E-state index contributed by atoms with van der Waals surface area (Å²) in [6.07, 6.45) is 1.40. The van der Waals surface area contributed by atoms with Crippen LogP contribution in [0, 0.1) is 24.0 Å². The van der Waals surface area contributed by atoms with Gasteiger partial charge in [-0.3, -0.25) is 14.9 Å². The van der Waals surface area contributed by atoms with Gasteiger partial charge in [0.15, 0.2) is 5.82 Å². The molecule has 0 fully saturated rings. The number of nitro groups is 1. The van der Waals surface area contributed by atoms with Gasteiger partial charge >= 0.3 is 0 Å². The summed E-state index contributed by atoms with van der Waals surface area (Å²) in [7, 11) is 0. The van der Waals surface area contributed by atoms with Crippen LogP contribution in [0.15, 0.2) is 67.0 Å². The van der Waals surface area contributed by atoms with Crippen LogP contribution in [0.25, 0.3) is 5.82 Å². The molecule has 0 bridgehead atoms. The Morgan fingerprint density at radius 3 is 2.53 bits per heavy atom. The summed E-state index contributed by atoms with van der Waals surface area (Å²) in [6, 6.07) is 15.8. The Morgan fingerprint density at radius 1 is 1.06 bits per heavy atom. The van der Waals surface area contributed by atoms with Crippen molar-refractivity contribution in [2.75, 3.05) is 5.32 Å². The highest BCUT2D eigenvalue weighted by molar-refractivity contribution is 6.04. The van der Waals surface area contributed by atoms with E-state index in [9.17, 15) is 14.9 Å². The van der Waals surface area contributed by atoms with Crippen molar-refractivity contribution in [3.8, 4) is 17.4 Å². The lowest BCUT2D eigenvalue weighted by Crippen LogP contribution is -2.12. The first kappa shape index (κ1) is 20.7. The van der Waals surface area contributed by atoms with Crippen molar-refractivity contribution in [3.63, 3.8) is 0 Å². The number of amides is 1. The van der Waals surface area contributed by atoms with Gasteiger partial charge in [-0.05, 0) is 50.2 Å². The van der Waals surface area contributed by atoms with Crippen molar-refractivity contribution in [1.29, 1.82) is 0 Å². The van der Waals surface area contributed by atoms with E-state index in [1.807, 2.05) is 19.9 Å². The monoisotopic (exact) mass is 430 g/mol. The lowest BCUT2D eigenvalue weighted by molar-refractivity contribution is -0.384. The number of aryl methyl sites for hydroxylation is 2. The summed E-state index contributed by atoms with van der Waals surface area (Å²) in [4.78, 5) is 31.1. The number of rotatable bonds is 6. The summed E-state index contributed by atoms with van der Waals surface area (Å²) in [5.74, 6) is 0.987. The molecular weight excluding hydrogens is 412 g/mol. The second-order valence-electron chi connectivity index (χ2n) is 6.94. The first-order chi connectivity index (χ1) is 15.4. The Balaban J connectivity index is 1.45. The van der Waals surface area contributed by atoms with Crippen LogP contribution >= 0.6 is 0 Å². The third-order valence-corrected chi connectivity index (χ3v) is 4.51. The van der Waals surface area contributed by atoms with E-state index >= 15 is 0 Å². The molecule has 2 heterocycles. The van der Waals surface area contributed by atoms with E-state index in [4.69, 9.17) is 4.74 Å². The lowest BCUT2D eigenvalue weighted by Gasteiger charge is -2.09. The SMILES string of the molecule is Cc1cc(C)n(-c2cc(Oc3ccc(NC(=O)c4cccc([N+](=O)[O-])c4)cc3)ncn2)n1. The molecule has 0 spiro atoms. The highest BCUT2D eigenvalue weighted by Crippen LogP contribution is 2.23. The van der Waals surface area contributed by atoms with E-state index in [0.717, 1.165) is 11.4 Å². The number of hydrogen-bond donors (Lipinski definition) is 1. The maximum atomic E-state index is 12.4. The van der Waals surface area contributed by atoms with Crippen molar-refractivity contribution in [2.45, 2.75) is 13.8 Å². The number of carbonyl (C=O) groups is 1. The third-order valence-electron chi connectivity index (χ3n) is 4.51. The Bertz CT molecular complexity index is 1300. The first-order valence-corrected chi connectivity index (χ1v) is 9.58. The minimum Gasteiger partial charge on any atom is -0.439 e. The van der Waals surface area contributed by atoms with Crippen molar-refractivity contribution in [2.24, 2.45) is 0 Å². The first-order valence-electron chi connectivity index (χ1n) is 9.58. The Labute approximate surface area is 182 Å². The number of nitro benzene ring substituents is 1. The van der Waals surface area contributed by atoms with E-state index in [1.165, 1.54) is 30.6 Å². The van der Waals surface area contributed by atoms with Gasteiger partial charge in [-0.15, -0.1) is 0 Å². The molecular formula is C22H18N6O4. The molecule has 160 valence electrons. The zero-order chi connectivity index (χ0) is 22.7. The van der Waals surface area contributed by atoms with Gasteiger partial charge in [0.25, 0.3) is 11.6 Å². The topological polar surface area (TPSA) is 125 Å².